The molecule has 2 aliphatic heterocycles. The van der Waals surface area contributed by atoms with Crippen LogP contribution in [0.25, 0.3) is 0 Å². The molecule has 44 heavy (non-hydrogen) atoms. The van der Waals surface area contributed by atoms with Crippen LogP contribution in [-0.2, 0) is 30.3 Å². The molecule has 0 radical (unpaired) electrons. The van der Waals surface area contributed by atoms with E-state index in [2.05, 4.69) is 10.6 Å². The Morgan fingerprint density at radius 2 is 1.80 bits per heavy atom. The van der Waals surface area contributed by atoms with Crippen molar-refractivity contribution in [2.75, 3.05) is 32.9 Å². The van der Waals surface area contributed by atoms with Crippen molar-refractivity contribution >= 4 is 34.9 Å². The fourth-order valence-electron chi connectivity index (χ4n) is 5.36. The number of hydrogen-bond donors (Lipinski definition) is 4. The minimum absolute atomic E-state index is 0.0481. The molecule has 2 aliphatic rings. The second-order valence-corrected chi connectivity index (χ2v) is 11.7. The Bertz CT molecular complexity index is 1440. The molecule has 5 rings (SSSR count). The van der Waals surface area contributed by atoms with E-state index in [1.54, 1.807) is 5.38 Å². The van der Waals surface area contributed by atoms with Crippen molar-refractivity contribution in [3.63, 3.8) is 0 Å². The Hall–Kier alpha value is -4.26. The molecule has 232 valence electrons. The standard InChI is InChI=1S/C32H37N5O6S/c33-30(34)23-17-27(44-20-23)25(16-22-8-3-1-4-9-22)36-31(40)26-18-32(42-14-15-43-32)21-37(26)29(39)19-35-28(38)12-7-13-41-24-10-5-2-6-11-24/h1-6,8-11,17,20,25-26H,7,12-16,18-19,21H2,(H3,33,34)(H,35,38)(H,36,40)/t25-,26?/m1/s1. The lowest BCUT2D eigenvalue weighted by molar-refractivity contribution is -0.152. The quantitative estimate of drug-likeness (QED) is 0.130. The fraction of sp³-hybridized carbons (Fsp3) is 0.375. The van der Waals surface area contributed by atoms with Crippen LogP contribution in [0.3, 0.4) is 0 Å². The highest BCUT2D eigenvalue weighted by Gasteiger charge is 2.52. The average Bonchev–Trinajstić information content (AvgIpc) is 3.80. The molecule has 0 bridgehead atoms. The maximum absolute atomic E-state index is 13.9. The van der Waals surface area contributed by atoms with Gasteiger partial charge in [-0.05, 0) is 36.6 Å². The van der Waals surface area contributed by atoms with E-state index in [1.807, 2.05) is 66.7 Å². The van der Waals surface area contributed by atoms with Gasteiger partial charge < -0.3 is 35.5 Å². The van der Waals surface area contributed by atoms with E-state index in [4.69, 9.17) is 25.4 Å². The van der Waals surface area contributed by atoms with Crippen LogP contribution in [0.2, 0.25) is 0 Å². The predicted molar refractivity (Wildman–Crippen MR) is 165 cm³/mol. The van der Waals surface area contributed by atoms with E-state index in [0.717, 1.165) is 16.2 Å². The number of ether oxygens (including phenoxy) is 3. The molecule has 3 amide bonds. The van der Waals surface area contributed by atoms with Crippen molar-refractivity contribution in [1.29, 1.82) is 5.41 Å². The number of nitrogens with one attached hydrogen (secondary N) is 3. The highest BCUT2D eigenvalue weighted by atomic mass is 32.1. The number of carbonyl (C=O) groups excluding carboxylic acids is 3. The molecule has 0 saturated carbocycles. The number of nitrogens with two attached hydrogens (primary N) is 1. The number of nitrogen functional groups attached to an aromatic ring is 1. The molecule has 2 atom stereocenters. The number of amidine groups is 1. The van der Waals surface area contributed by atoms with Crippen LogP contribution in [0.4, 0.5) is 0 Å². The lowest BCUT2D eigenvalue weighted by Crippen LogP contribution is -2.49. The molecule has 2 fully saturated rings. The van der Waals surface area contributed by atoms with Gasteiger partial charge in [-0.2, -0.15) is 0 Å². The zero-order chi connectivity index (χ0) is 30.9. The van der Waals surface area contributed by atoms with E-state index in [-0.39, 0.29) is 43.6 Å². The van der Waals surface area contributed by atoms with Gasteiger partial charge in [0.1, 0.15) is 17.6 Å². The van der Waals surface area contributed by atoms with Crippen molar-refractivity contribution in [1.82, 2.24) is 15.5 Å². The summed E-state index contributed by atoms with van der Waals surface area (Å²) in [6, 6.07) is 19.6. The van der Waals surface area contributed by atoms with Crippen molar-refractivity contribution in [3.8, 4) is 5.75 Å². The number of para-hydroxylation sites is 1. The summed E-state index contributed by atoms with van der Waals surface area (Å²) in [6.07, 6.45) is 1.37. The van der Waals surface area contributed by atoms with Crippen molar-refractivity contribution in [2.45, 2.75) is 43.6 Å². The summed E-state index contributed by atoms with van der Waals surface area (Å²) in [7, 11) is 0. The van der Waals surface area contributed by atoms with Crippen LogP contribution in [0, 0.1) is 5.41 Å². The predicted octanol–water partition coefficient (Wildman–Crippen LogP) is 2.75. The number of benzene rings is 2. The number of thiophene rings is 1. The van der Waals surface area contributed by atoms with Crippen LogP contribution in [0.5, 0.6) is 5.75 Å². The molecular weight excluding hydrogens is 582 g/mol. The summed E-state index contributed by atoms with van der Waals surface area (Å²) in [5.41, 5.74) is 7.31. The molecule has 2 aromatic carbocycles. The van der Waals surface area contributed by atoms with Gasteiger partial charge >= 0.3 is 0 Å². The number of nitrogens with zero attached hydrogens (tertiary/aromatic N) is 1. The number of hydrogen-bond acceptors (Lipinski definition) is 8. The summed E-state index contributed by atoms with van der Waals surface area (Å²) >= 11 is 1.41. The molecule has 2 saturated heterocycles. The largest absolute Gasteiger partial charge is 0.494 e. The Labute approximate surface area is 260 Å². The minimum atomic E-state index is -1.06. The molecule has 0 aliphatic carbocycles. The Morgan fingerprint density at radius 3 is 2.48 bits per heavy atom. The highest BCUT2D eigenvalue weighted by molar-refractivity contribution is 7.10. The summed E-state index contributed by atoms with van der Waals surface area (Å²) < 4.78 is 17.4. The first-order chi connectivity index (χ1) is 21.3. The summed E-state index contributed by atoms with van der Waals surface area (Å²) in [5.74, 6) is -1.40. The lowest BCUT2D eigenvalue weighted by Gasteiger charge is -2.26. The first-order valence-corrected chi connectivity index (χ1v) is 15.5. The molecule has 5 N–H and O–H groups in total. The molecule has 12 heteroatoms. The molecule has 11 nitrogen and oxygen atoms in total. The molecular formula is C32H37N5O6S. The maximum atomic E-state index is 13.9. The van der Waals surface area contributed by atoms with E-state index in [0.29, 0.717) is 38.2 Å². The summed E-state index contributed by atoms with van der Waals surface area (Å²) in [4.78, 5) is 42.0. The lowest BCUT2D eigenvalue weighted by atomic mass is 10.0. The number of carbonyl (C=O) groups is 3. The van der Waals surface area contributed by atoms with Gasteiger partial charge in [-0.3, -0.25) is 19.8 Å². The average molecular weight is 620 g/mol. The SMILES string of the molecule is N=C(N)c1csc([C@@H](Cc2ccccc2)NC(=O)C2CC3(CN2C(=O)CNC(=O)CCCOc2ccccc2)OCCO3)c1. The topological polar surface area (TPSA) is 156 Å². The summed E-state index contributed by atoms with van der Waals surface area (Å²) in [6.45, 7) is 0.953. The van der Waals surface area contributed by atoms with Gasteiger partial charge in [-0.15, -0.1) is 11.3 Å². The van der Waals surface area contributed by atoms with E-state index >= 15 is 0 Å². The first-order valence-electron chi connectivity index (χ1n) is 14.6. The zero-order valence-electron chi connectivity index (χ0n) is 24.3. The van der Waals surface area contributed by atoms with Gasteiger partial charge in [-0.25, -0.2) is 0 Å². The van der Waals surface area contributed by atoms with Gasteiger partial charge in [0.05, 0.1) is 39.0 Å². The van der Waals surface area contributed by atoms with Gasteiger partial charge in [-0.1, -0.05) is 48.5 Å². The number of amides is 3. The van der Waals surface area contributed by atoms with Crippen molar-refractivity contribution in [3.05, 3.63) is 88.1 Å². The Morgan fingerprint density at radius 1 is 1.09 bits per heavy atom. The third kappa shape index (κ3) is 8.01. The first kappa shape index (κ1) is 31.2. The summed E-state index contributed by atoms with van der Waals surface area (Å²) in [5, 5.41) is 15.4. The zero-order valence-corrected chi connectivity index (χ0v) is 25.1. The van der Waals surface area contributed by atoms with Gasteiger partial charge in [0, 0.05) is 28.7 Å². The van der Waals surface area contributed by atoms with Crippen molar-refractivity contribution < 1.29 is 28.6 Å². The van der Waals surface area contributed by atoms with Crippen molar-refractivity contribution in [2.24, 2.45) is 5.73 Å². The molecule has 1 aromatic heterocycles. The maximum Gasteiger partial charge on any atom is 0.243 e. The fourth-order valence-corrected chi connectivity index (χ4v) is 6.32. The number of rotatable bonds is 13. The third-order valence-electron chi connectivity index (χ3n) is 7.60. The van der Waals surface area contributed by atoms with Crippen LogP contribution in [0.1, 0.15) is 41.3 Å². The monoisotopic (exact) mass is 619 g/mol. The second kappa shape index (κ2) is 14.5. The minimum Gasteiger partial charge on any atom is -0.494 e. The van der Waals surface area contributed by atoms with Crippen LogP contribution in [-0.4, -0.2) is 73.2 Å². The van der Waals surface area contributed by atoms with E-state index in [1.165, 1.54) is 16.2 Å². The Balaban J connectivity index is 1.22. The van der Waals surface area contributed by atoms with Crippen LogP contribution >= 0.6 is 11.3 Å². The number of likely N-dealkylation sites (tertiary alicyclic amines) is 1. The van der Waals surface area contributed by atoms with Crippen LogP contribution in [0.15, 0.2) is 72.1 Å². The van der Waals surface area contributed by atoms with Crippen LogP contribution < -0.4 is 21.1 Å². The van der Waals surface area contributed by atoms with Gasteiger partial charge in [0.15, 0.2) is 5.79 Å². The molecule has 1 spiro atoms. The second-order valence-electron chi connectivity index (χ2n) is 10.8. The van der Waals surface area contributed by atoms with E-state index in [9.17, 15) is 14.4 Å². The van der Waals surface area contributed by atoms with E-state index < -0.39 is 23.8 Å². The highest BCUT2D eigenvalue weighted by Crippen LogP contribution is 2.35. The molecule has 3 heterocycles. The molecule has 1 unspecified atom stereocenters. The Kier molecular flexibility index (Phi) is 10.3. The smallest absolute Gasteiger partial charge is 0.243 e. The normalized spacial score (nSPS) is 17.7. The van der Waals surface area contributed by atoms with Gasteiger partial charge in [0.25, 0.3) is 0 Å². The third-order valence-corrected chi connectivity index (χ3v) is 8.64. The molecule has 3 aromatic rings. The van der Waals surface area contributed by atoms with Gasteiger partial charge in [0.2, 0.25) is 17.7 Å².